The summed E-state index contributed by atoms with van der Waals surface area (Å²) in [4.78, 5) is 23.0. The standard InChI is InChI=1S/C16H20ClNO3/c1-10-8-11(2-7-14(10)17)9-18-15(19)12-3-5-13(6-4-12)16(20)21/h2,7-8,12-13H,3-6,9H2,1H3,(H,18,19)(H,20,21). The van der Waals surface area contributed by atoms with Crippen molar-refractivity contribution in [2.24, 2.45) is 11.8 Å². The van der Waals surface area contributed by atoms with E-state index in [2.05, 4.69) is 5.32 Å². The molecule has 0 atom stereocenters. The van der Waals surface area contributed by atoms with Gasteiger partial charge in [0.15, 0.2) is 0 Å². The third-order valence-corrected chi connectivity index (χ3v) is 4.56. The van der Waals surface area contributed by atoms with Crippen LogP contribution in [-0.2, 0) is 16.1 Å². The molecule has 21 heavy (non-hydrogen) atoms. The van der Waals surface area contributed by atoms with Gasteiger partial charge in [0.1, 0.15) is 0 Å². The number of hydrogen-bond acceptors (Lipinski definition) is 2. The van der Waals surface area contributed by atoms with Crippen molar-refractivity contribution in [2.45, 2.75) is 39.2 Å². The van der Waals surface area contributed by atoms with Crippen LogP contribution in [0.1, 0.15) is 36.8 Å². The van der Waals surface area contributed by atoms with Crippen LogP contribution in [0.15, 0.2) is 18.2 Å². The molecule has 1 aliphatic carbocycles. The van der Waals surface area contributed by atoms with E-state index in [1.54, 1.807) is 0 Å². The molecule has 0 unspecified atom stereocenters. The first kappa shape index (κ1) is 15.8. The largest absolute Gasteiger partial charge is 0.481 e. The lowest BCUT2D eigenvalue weighted by molar-refractivity contribution is -0.144. The fraction of sp³-hybridized carbons (Fsp3) is 0.500. The second-order valence-corrected chi connectivity index (χ2v) is 6.10. The lowest BCUT2D eigenvalue weighted by atomic mass is 9.81. The van der Waals surface area contributed by atoms with Crippen molar-refractivity contribution in [3.8, 4) is 0 Å². The van der Waals surface area contributed by atoms with Crippen LogP contribution in [0, 0.1) is 18.8 Å². The molecule has 1 aliphatic rings. The number of halogens is 1. The van der Waals surface area contributed by atoms with E-state index in [0.29, 0.717) is 32.2 Å². The molecule has 0 radical (unpaired) electrons. The van der Waals surface area contributed by atoms with Gasteiger partial charge >= 0.3 is 5.97 Å². The van der Waals surface area contributed by atoms with E-state index in [-0.39, 0.29) is 17.7 Å². The number of benzene rings is 1. The summed E-state index contributed by atoms with van der Waals surface area (Å²) in [5.41, 5.74) is 2.01. The Morgan fingerprint density at radius 2 is 1.86 bits per heavy atom. The Morgan fingerprint density at radius 3 is 2.43 bits per heavy atom. The third-order valence-electron chi connectivity index (χ3n) is 4.14. The summed E-state index contributed by atoms with van der Waals surface area (Å²) in [5, 5.41) is 12.6. The molecule has 2 N–H and O–H groups in total. The van der Waals surface area contributed by atoms with Gasteiger partial charge in [0.05, 0.1) is 5.92 Å². The van der Waals surface area contributed by atoms with Crippen LogP contribution in [-0.4, -0.2) is 17.0 Å². The molecule has 0 heterocycles. The normalized spacial score (nSPS) is 21.8. The minimum atomic E-state index is -0.745. The average molecular weight is 310 g/mol. The smallest absolute Gasteiger partial charge is 0.306 e. The number of aliphatic carboxylic acids is 1. The number of rotatable bonds is 4. The number of aryl methyl sites for hydroxylation is 1. The summed E-state index contributed by atoms with van der Waals surface area (Å²) >= 11 is 5.97. The number of carboxylic acid groups (broad SMARTS) is 1. The van der Waals surface area contributed by atoms with E-state index in [9.17, 15) is 9.59 Å². The molecule has 1 aromatic rings. The van der Waals surface area contributed by atoms with Crippen molar-refractivity contribution < 1.29 is 14.7 Å². The minimum absolute atomic E-state index is 0.0199. The fourth-order valence-electron chi connectivity index (χ4n) is 2.75. The van der Waals surface area contributed by atoms with Gasteiger partial charge < -0.3 is 10.4 Å². The summed E-state index contributed by atoms with van der Waals surface area (Å²) < 4.78 is 0. The fourth-order valence-corrected chi connectivity index (χ4v) is 2.87. The van der Waals surface area contributed by atoms with Crippen molar-refractivity contribution in [3.05, 3.63) is 34.3 Å². The maximum Gasteiger partial charge on any atom is 0.306 e. The second-order valence-electron chi connectivity index (χ2n) is 5.69. The summed E-state index contributed by atoms with van der Waals surface area (Å²) in [6, 6.07) is 5.69. The van der Waals surface area contributed by atoms with Crippen LogP contribution >= 0.6 is 11.6 Å². The average Bonchev–Trinajstić information content (AvgIpc) is 2.48. The van der Waals surface area contributed by atoms with Gasteiger partial charge in [-0.1, -0.05) is 23.7 Å². The number of nitrogens with one attached hydrogen (secondary N) is 1. The van der Waals surface area contributed by atoms with Gasteiger partial charge in [0.2, 0.25) is 5.91 Å². The van der Waals surface area contributed by atoms with Gasteiger partial charge in [-0.05, 0) is 49.8 Å². The Morgan fingerprint density at radius 1 is 1.24 bits per heavy atom. The van der Waals surface area contributed by atoms with E-state index in [0.717, 1.165) is 16.1 Å². The topological polar surface area (TPSA) is 66.4 Å². The number of carbonyl (C=O) groups is 2. The molecule has 0 aliphatic heterocycles. The molecule has 1 fully saturated rings. The first-order valence-corrected chi connectivity index (χ1v) is 7.60. The molecule has 4 nitrogen and oxygen atoms in total. The molecule has 0 bridgehead atoms. The van der Waals surface area contributed by atoms with Gasteiger partial charge in [0, 0.05) is 17.5 Å². The lowest BCUT2D eigenvalue weighted by Crippen LogP contribution is -2.34. The molecule has 2 rings (SSSR count). The van der Waals surface area contributed by atoms with Crippen LogP contribution in [0.2, 0.25) is 5.02 Å². The minimum Gasteiger partial charge on any atom is -0.481 e. The Labute approximate surface area is 129 Å². The van der Waals surface area contributed by atoms with Gasteiger partial charge in [-0.2, -0.15) is 0 Å². The highest BCUT2D eigenvalue weighted by atomic mass is 35.5. The highest BCUT2D eigenvalue weighted by molar-refractivity contribution is 6.31. The molecule has 0 aromatic heterocycles. The van der Waals surface area contributed by atoms with E-state index in [4.69, 9.17) is 16.7 Å². The Kier molecular flexibility index (Phi) is 5.23. The molecule has 1 amide bonds. The monoisotopic (exact) mass is 309 g/mol. The zero-order valence-electron chi connectivity index (χ0n) is 12.1. The van der Waals surface area contributed by atoms with Gasteiger partial charge in [-0.15, -0.1) is 0 Å². The summed E-state index contributed by atoms with van der Waals surface area (Å²) in [6.07, 6.45) is 2.49. The lowest BCUT2D eigenvalue weighted by Gasteiger charge is -2.25. The second kappa shape index (κ2) is 6.94. The van der Waals surface area contributed by atoms with E-state index in [1.165, 1.54) is 0 Å². The van der Waals surface area contributed by atoms with Gasteiger partial charge in [0.25, 0.3) is 0 Å². The first-order valence-electron chi connectivity index (χ1n) is 7.23. The molecule has 1 saturated carbocycles. The molecule has 0 saturated heterocycles. The molecule has 1 aromatic carbocycles. The van der Waals surface area contributed by atoms with Crippen LogP contribution in [0.3, 0.4) is 0 Å². The molecule has 0 spiro atoms. The Bertz CT molecular complexity index is 536. The number of amides is 1. The predicted molar refractivity (Wildman–Crippen MR) is 81.1 cm³/mol. The van der Waals surface area contributed by atoms with E-state index < -0.39 is 5.97 Å². The van der Waals surface area contributed by atoms with E-state index >= 15 is 0 Å². The highest BCUT2D eigenvalue weighted by Crippen LogP contribution is 2.29. The highest BCUT2D eigenvalue weighted by Gasteiger charge is 2.29. The van der Waals surface area contributed by atoms with Crippen molar-refractivity contribution in [1.29, 1.82) is 0 Å². The predicted octanol–water partition coefficient (Wildman–Crippen LogP) is 3.16. The summed E-state index contributed by atoms with van der Waals surface area (Å²) in [6.45, 7) is 2.41. The van der Waals surface area contributed by atoms with Crippen LogP contribution in [0.4, 0.5) is 0 Å². The number of carboxylic acids is 1. The summed E-state index contributed by atoms with van der Waals surface area (Å²) in [5.74, 6) is -1.07. The first-order chi connectivity index (χ1) is 9.97. The molecule has 5 heteroatoms. The Balaban J connectivity index is 1.82. The zero-order valence-corrected chi connectivity index (χ0v) is 12.8. The van der Waals surface area contributed by atoms with Crippen molar-refractivity contribution >= 4 is 23.5 Å². The van der Waals surface area contributed by atoms with Gasteiger partial charge in [-0.25, -0.2) is 0 Å². The van der Waals surface area contributed by atoms with Crippen molar-refractivity contribution in [3.63, 3.8) is 0 Å². The Hall–Kier alpha value is -1.55. The third kappa shape index (κ3) is 4.21. The quantitative estimate of drug-likeness (QED) is 0.898. The van der Waals surface area contributed by atoms with E-state index in [1.807, 2.05) is 25.1 Å². The molecule has 114 valence electrons. The SMILES string of the molecule is Cc1cc(CNC(=O)C2CCC(C(=O)O)CC2)ccc1Cl. The number of hydrogen-bond donors (Lipinski definition) is 2. The summed E-state index contributed by atoms with van der Waals surface area (Å²) in [7, 11) is 0. The van der Waals surface area contributed by atoms with Crippen LogP contribution in [0.5, 0.6) is 0 Å². The van der Waals surface area contributed by atoms with Crippen LogP contribution in [0.25, 0.3) is 0 Å². The molecular weight excluding hydrogens is 290 g/mol. The maximum absolute atomic E-state index is 12.1. The maximum atomic E-state index is 12.1. The van der Waals surface area contributed by atoms with Crippen molar-refractivity contribution in [2.75, 3.05) is 0 Å². The van der Waals surface area contributed by atoms with Crippen LogP contribution < -0.4 is 5.32 Å². The zero-order chi connectivity index (χ0) is 15.4. The van der Waals surface area contributed by atoms with Gasteiger partial charge in [-0.3, -0.25) is 9.59 Å². The number of carbonyl (C=O) groups excluding carboxylic acids is 1. The van der Waals surface area contributed by atoms with Crippen molar-refractivity contribution in [1.82, 2.24) is 5.32 Å². The molecular formula is C16H20ClNO3.